The zero-order valence-electron chi connectivity index (χ0n) is 11.2. The molecule has 1 atom stereocenters. The van der Waals surface area contributed by atoms with E-state index >= 15 is 0 Å². The molecule has 4 aliphatic rings. The van der Waals surface area contributed by atoms with Gasteiger partial charge in [-0.15, -0.1) is 0 Å². The van der Waals surface area contributed by atoms with Crippen LogP contribution in [0.2, 0.25) is 0 Å². The number of carbonyl (C=O) groups excluding carboxylic acids is 1. The highest BCUT2D eigenvalue weighted by Crippen LogP contribution is 2.60. The van der Waals surface area contributed by atoms with Gasteiger partial charge in [0.25, 0.3) is 0 Å². The second-order valence-electron chi connectivity index (χ2n) is 7.06. The number of ether oxygens (including phenoxy) is 1. The molecule has 0 aromatic carbocycles. The van der Waals surface area contributed by atoms with Crippen LogP contribution >= 0.6 is 0 Å². The van der Waals surface area contributed by atoms with E-state index in [1.54, 1.807) is 0 Å². The molecule has 0 radical (unpaired) electrons. The molecule has 4 saturated carbocycles. The third-order valence-corrected chi connectivity index (χ3v) is 5.15. The third-order valence-electron chi connectivity index (χ3n) is 5.15. The first-order valence-electron chi connectivity index (χ1n) is 7.34. The minimum absolute atomic E-state index is 0.0909. The van der Waals surface area contributed by atoms with Crippen LogP contribution in [0.1, 0.15) is 51.9 Å². The topological polar surface area (TPSA) is 26.3 Å². The standard InChI is InChI=1S/C15H23FO2/c1-10(16)2-14(17)18-9-15-6-11-3-12(7-15)5-13(4-11)8-15/h10-13H,2-9H2,1H3. The Balaban J connectivity index is 1.57. The molecule has 3 heteroatoms. The van der Waals surface area contributed by atoms with Crippen molar-refractivity contribution in [1.29, 1.82) is 0 Å². The average Bonchev–Trinajstić information content (AvgIpc) is 2.23. The van der Waals surface area contributed by atoms with Crippen molar-refractivity contribution in [2.45, 2.75) is 58.0 Å². The van der Waals surface area contributed by atoms with Crippen LogP contribution in [0.15, 0.2) is 0 Å². The van der Waals surface area contributed by atoms with E-state index in [0.29, 0.717) is 6.61 Å². The van der Waals surface area contributed by atoms with Crippen LogP contribution in [-0.2, 0) is 9.53 Å². The summed E-state index contributed by atoms with van der Waals surface area (Å²) >= 11 is 0. The van der Waals surface area contributed by atoms with Crippen LogP contribution in [0.3, 0.4) is 0 Å². The lowest BCUT2D eigenvalue weighted by Crippen LogP contribution is -2.48. The van der Waals surface area contributed by atoms with Crippen molar-refractivity contribution < 1.29 is 13.9 Å². The lowest BCUT2D eigenvalue weighted by atomic mass is 9.50. The van der Waals surface area contributed by atoms with Crippen LogP contribution in [0.25, 0.3) is 0 Å². The quantitative estimate of drug-likeness (QED) is 0.718. The maximum absolute atomic E-state index is 12.7. The van der Waals surface area contributed by atoms with Crippen molar-refractivity contribution in [2.75, 3.05) is 6.61 Å². The normalized spacial score (nSPS) is 42.9. The molecule has 0 spiro atoms. The molecule has 4 bridgehead atoms. The van der Waals surface area contributed by atoms with E-state index in [1.165, 1.54) is 45.4 Å². The Labute approximate surface area is 108 Å². The first kappa shape index (κ1) is 12.4. The number of esters is 1. The monoisotopic (exact) mass is 254 g/mol. The van der Waals surface area contributed by atoms with Gasteiger partial charge < -0.3 is 4.74 Å². The van der Waals surface area contributed by atoms with Gasteiger partial charge in [0.05, 0.1) is 13.0 Å². The Hall–Kier alpha value is -0.600. The number of hydrogen-bond acceptors (Lipinski definition) is 2. The highest BCUT2D eigenvalue weighted by Gasteiger charge is 2.51. The van der Waals surface area contributed by atoms with Crippen molar-refractivity contribution in [2.24, 2.45) is 23.2 Å². The van der Waals surface area contributed by atoms with Crippen LogP contribution in [0.4, 0.5) is 4.39 Å². The maximum atomic E-state index is 12.7. The summed E-state index contributed by atoms with van der Waals surface area (Å²) in [4.78, 5) is 11.5. The Kier molecular flexibility index (Phi) is 3.11. The Bertz CT molecular complexity index is 302. The lowest BCUT2D eigenvalue weighted by Gasteiger charge is -2.56. The van der Waals surface area contributed by atoms with Gasteiger partial charge in [0.1, 0.15) is 6.17 Å². The van der Waals surface area contributed by atoms with E-state index in [1.807, 2.05) is 0 Å². The molecule has 1 unspecified atom stereocenters. The maximum Gasteiger partial charge on any atom is 0.308 e. The first-order chi connectivity index (χ1) is 8.55. The third kappa shape index (κ3) is 2.41. The highest BCUT2D eigenvalue weighted by molar-refractivity contribution is 5.69. The summed E-state index contributed by atoms with van der Waals surface area (Å²) in [6.07, 6.45) is 6.71. The summed E-state index contributed by atoms with van der Waals surface area (Å²) in [5.74, 6) is 2.25. The molecule has 2 nitrogen and oxygen atoms in total. The fourth-order valence-corrected chi connectivity index (χ4v) is 4.99. The summed E-state index contributed by atoms with van der Waals surface area (Å²) in [7, 11) is 0. The molecule has 4 rings (SSSR count). The fourth-order valence-electron chi connectivity index (χ4n) is 4.99. The minimum atomic E-state index is -1.09. The van der Waals surface area contributed by atoms with E-state index in [2.05, 4.69) is 0 Å². The highest BCUT2D eigenvalue weighted by atomic mass is 19.1. The molecular formula is C15H23FO2. The fraction of sp³-hybridized carbons (Fsp3) is 0.933. The van der Waals surface area contributed by atoms with E-state index < -0.39 is 6.17 Å². The van der Waals surface area contributed by atoms with Gasteiger partial charge in [0.15, 0.2) is 0 Å². The molecule has 102 valence electrons. The van der Waals surface area contributed by atoms with Gasteiger partial charge in [-0.3, -0.25) is 4.79 Å². The van der Waals surface area contributed by atoms with E-state index in [4.69, 9.17) is 4.74 Å². The van der Waals surface area contributed by atoms with Gasteiger partial charge in [0, 0.05) is 5.41 Å². The summed E-state index contributed by atoms with van der Waals surface area (Å²) in [6, 6.07) is 0. The summed E-state index contributed by atoms with van der Waals surface area (Å²) < 4.78 is 18.1. The van der Waals surface area contributed by atoms with E-state index in [-0.39, 0.29) is 17.8 Å². The van der Waals surface area contributed by atoms with Gasteiger partial charge in [-0.25, -0.2) is 4.39 Å². The molecule has 0 saturated heterocycles. The van der Waals surface area contributed by atoms with Crippen molar-refractivity contribution in [3.63, 3.8) is 0 Å². The number of alkyl halides is 1. The largest absolute Gasteiger partial charge is 0.465 e. The first-order valence-corrected chi connectivity index (χ1v) is 7.34. The van der Waals surface area contributed by atoms with Crippen LogP contribution in [-0.4, -0.2) is 18.7 Å². The predicted octanol–water partition coefficient (Wildman–Crippen LogP) is 3.49. The molecule has 4 aliphatic carbocycles. The van der Waals surface area contributed by atoms with Gasteiger partial charge in [-0.2, -0.15) is 0 Å². The Morgan fingerprint density at radius 2 is 1.72 bits per heavy atom. The molecule has 0 aromatic rings. The van der Waals surface area contributed by atoms with E-state index in [9.17, 15) is 9.18 Å². The zero-order chi connectivity index (χ0) is 12.8. The second-order valence-corrected chi connectivity index (χ2v) is 7.06. The molecule has 0 aromatic heterocycles. The Morgan fingerprint density at radius 3 is 2.17 bits per heavy atom. The van der Waals surface area contributed by atoms with Gasteiger partial charge in [-0.1, -0.05) is 0 Å². The lowest BCUT2D eigenvalue weighted by molar-refractivity contribution is -0.156. The number of halogens is 1. The Morgan fingerprint density at radius 1 is 1.22 bits per heavy atom. The zero-order valence-corrected chi connectivity index (χ0v) is 11.2. The number of carbonyl (C=O) groups is 1. The second kappa shape index (κ2) is 4.50. The van der Waals surface area contributed by atoms with Crippen molar-refractivity contribution in [3.8, 4) is 0 Å². The summed E-state index contributed by atoms with van der Waals surface area (Å²) in [5.41, 5.74) is 0.254. The molecule has 18 heavy (non-hydrogen) atoms. The minimum Gasteiger partial charge on any atom is -0.465 e. The van der Waals surface area contributed by atoms with Gasteiger partial charge >= 0.3 is 5.97 Å². The molecular weight excluding hydrogens is 231 g/mol. The van der Waals surface area contributed by atoms with E-state index in [0.717, 1.165) is 17.8 Å². The molecule has 0 aliphatic heterocycles. The summed E-state index contributed by atoms with van der Waals surface area (Å²) in [5, 5.41) is 0. The van der Waals surface area contributed by atoms with Crippen molar-refractivity contribution in [3.05, 3.63) is 0 Å². The van der Waals surface area contributed by atoms with Crippen LogP contribution in [0, 0.1) is 23.2 Å². The number of hydrogen-bond donors (Lipinski definition) is 0. The number of rotatable bonds is 4. The molecule has 0 amide bonds. The van der Waals surface area contributed by atoms with Crippen LogP contribution < -0.4 is 0 Å². The van der Waals surface area contributed by atoms with Crippen LogP contribution in [0.5, 0.6) is 0 Å². The summed E-state index contributed by atoms with van der Waals surface area (Å²) in [6.45, 7) is 1.95. The predicted molar refractivity (Wildman–Crippen MR) is 66.8 cm³/mol. The average molecular weight is 254 g/mol. The smallest absolute Gasteiger partial charge is 0.308 e. The van der Waals surface area contributed by atoms with Gasteiger partial charge in [0.2, 0.25) is 0 Å². The molecule has 4 fully saturated rings. The van der Waals surface area contributed by atoms with Crippen molar-refractivity contribution >= 4 is 5.97 Å². The molecule has 0 N–H and O–H groups in total. The van der Waals surface area contributed by atoms with Crippen molar-refractivity contribution in [1.82, 2.24) is 0 Å². The van der Waals surface area contributed by atoms with Gasteiger partial charge in [-0.05, 0) is 63.2 Å². The SMILES string of the molecule is CC(F)CC(=O)OCC12CC3CC(CC(C3)C1)C2. The molecule has 0 heterocycles.